The highest BCUT2D eigenvalue weighted by Crippen LogP contribution is 2.22. The number of nitrogens with one attached hydrogen (secondary N) is 1. The molecule has 0 aliphatic heterocycles. The number of hydrogen-bond acceptors (Lipinski definition) is 3. The SMILES string of the molecule is COCCC(NN)c1c(F)cccc1F. The van der Waals surface area contributed by atoms with Crippen LogP contribution in [-0.2, 0) is 4.74 Å². The van der Waals surface area contributed by atoms with Crippen molar-refractivity contribution in [1.82, 2.24) is 5.43 Å². The van der Waals surface area contributed by atoms with Gasteiger partial charge >= 0.3 is 0 Å². The molecule has 0 radical (unpaired) electrons. The quantitative estimate of drug-likeness (QED) is 0.579. The van der Waals surface area contributed by atoms with Crippen LogP contribution in [0.15, 0.2) is 18.2 Å². The topological polar surface area (TPSA) is 47.3 Å². The first-order valence-electron chi connectivity index (χ1n) is 4.59. The zero-order valence-corrected chi connectivity index (χ0v) is 8.47. The van der Waals surface area contributed by atoms with E-state index in [1.54, 1.807) is 0 Å². The van der Waals surface area contributed by atoms with E-state index < -0.39 is 17.7 Å². The predicted octanol–water partition coefficient (Wildman–Crippen LogP) is 1.51. The van der Waals surface area contributed by atoms with Gasteiger partial charge in [0.25, 0.3) is 0 Å². The van der Waals surface area contributed by atoms with Gasteiger partial charge in [-0.3, -0.25) is 11.3 Å². The molecule has 0 amide bonds. The van der Waals surface area contributed by atoms with Crippen LogP contribution >= 0.6 is 0 Å². The van der Waals surface area contributed by atoms with Gasteiger partial charge in [0.15, 0.2) is 0 Å². The number of hydrazine groups is 1. The van der Waals surface area contributed by atoms with Gasteiger partial charge in [0.05, 0.1) is 6.04 Å². The van der Waals surface area contributed by atoms with E-state index in [1.165, 1.54) is 25.3 Å². The van der Waals surface area contributed by atoms with Crippen molar-refractivity contribution in [2.24, 2.45) is 5.84 Å². The standard InChI is InChI=1S/C10H14F2N2O/c1-15-6-5-9(14-13)10-7(11)3-2-4-8(10)12/h2-4,9,14H,5-6,13H2,1H3. The summed E-state index contributed by atoms with van der Waals surface area (Å²) in [6.07, 6.45) is 0.408. The maximum Gasteiger partial charge on any atom is 0.130 e. The highest BCUT2D eigenvalue weighted by atomic mass is 19.1. The predicted molar refractivity (Wildman–Crippen MR) is 52.9 cm³/mol. The molecule has 0 fully saturated rings. The summed E-state index contributed by atoms with van der Waals surface area (Å²) in [4.78, 5) is 0. The van der Waals surface area contributed by atoms with E-state index in [4.69, 9.17) is 10.6 Å². The average Bonchev–Trinajstić information content (AvgIpc) is 2.22. The Morgan fingerprint density at radius 1 is 1.40 bits per heavy atom. The molecule has 3 nitrogen and oxygen atoms in total. The third-order valence-corrected chi connectivity index (χ3v) is 2.16. The summed E-state index contributed by atoms with van der Waals surface area (Å²) < 4.78 is 31.5. The number of ether oxygens (including phenoxy) is 1. The fourth-order valence-corrected chi connectivity index (χ4v) is 1.39. The van der Waals surface area contributed by atoms with Crippen LogP contribution in [0.1, 0.15) is 18.0 Å². The van der Waals surface area contributed by atoms with E-state index in [2.05, 4.69) is 5.43 Å². The molecule has 0 heterocycles. The first kappa shape index (κ1) is 12.0. The summed E-state index contributed by atoms with van der Waals surface area (Å²) in [6.45, 7) is 0.378. The zero-order chi connectivity index (χ0) is 11.3. The van der Waals surface area contributed by atoms with Gasteiger partial charge in [-0.05, 0) is 18.6 Å². The maximum absolute atomic E-state index is 13.3. The Morgan fingerprint density at radius 3 is 2.47 bits per heavy atom. The van der Waals surface area contributed by atoms with E-state index in [0.717, 1.165) is 0 Å². The van der Waals surface area contributed by atoms with Crippen molar-refractivity contribution in [3.63, 3.8) is 0 Å². The van der Waals surface area contributed by atoms with Crippen molar-refractivity contribution in [3.05, 3.63) is 35.4 Å². The van der Waals surface area contributed by atoms with Gasteiger partial charge < -0.3 is 4.74 Å². The van der Waals surface area contributed by atoms with Crippen LogP contribution in [0.2, 0.25) is 0 Å². The highest BCUT2D eigenvalue weighted by molar-refractivity contribution is 5.23. The van der Waals surface area contributed by atoms with E-state index >= 15 is 0 Å². The molecule has 1 atom stereocenters. The van der Waals surface area contributed by atoms with Gasteiger partial charge in [-0.25, -0.2) is 8.78 Å². The van der Waals surface area contributed by atoms with Crippen LogP contribution in [0.25, 0.3) is 0 Å². The number of nitrogens with two attached hydrogens (primary N) is 1. The summed E-state index contributed by atoms with van der Waals surface area (Å²) in [7, 11) is 1.52. The third kappa shape index (κ3) is 2.95. The van der Waals surface area contributed by atoms with Crippen LogP contribution < -0.4 is 11.3 Å². The van der Waals surface area contributed by atoms with Crippen LogP contribution in [0.3, 0.4) is 0 Å². The molecule has 1 aromatic rings. The molecule has 0 aliphatic rings. The Hall–Kier alpha value is -1.04. The largest absolute Gasteiger partial charge is 0.385 e. The van der Waals surface area contributed by atoms with Gasteiger partial charge in [0, 0.05) is 19.3 Å². The fraction of sp³-hybridized carbons (Fsp3) is 0.400. The minimum Gasteiger partial charge on any atom is -0.385 e. The number of halogens is 2. The first-order chi connectivity index (χ1) is 7.20. The monoisotopic (exact) mass is 216 g/mol. The van der Waals surface area contributed by atoms with Gasteiger partial charge in [-0.2, -0.15) is 0 Å². The molecule has 3 N–H and O–H groups in total. The van der Waals surface area contributed by atoms with Crippen molar-refractivity contribution < 1.29 is 13.5 Å². The lowest BCUT2D eigenvalue weighted by Gasteiger charge is -2.17. The Kier molecular flexibility index (Phi) is 4.61. The lowest BCUT2D eigenvalue weighted by Crippen LogP contribution is -2.30. The summed E-state index contributed by atoms with van der Waals surface area (Å²) >= 11 is 0. The maximum atomic E-state index is 13.3. The lowest BCUT2D eigenvalue weighted by atomic mass is 10.0. The first-order valence-corrected chi connectivity index (χ1v) is 4.59. The number of hydrogen-bond donors (Lipinski definition) is 2. The summed E-state index contributed by atoms with van der Waals surface area (Å²) in [5, 5.41) is 0. The van der Waals surface area contributed by atoms with Crippen LogP contribution in [0.5, 0.6) is 0 Å². The molecule has 0 spiro atoms. The van der Waals surface area contributed by atoms with Crippen LogP contribution in [0.4, 0.5) is 8.78 Å². The van der Waals surface area contributed by atoms with Gasteiger partial charge in [-0.1, -0.05) is 6.07 Å². The molecule has 0 aromatic heterocycles. The summed E-state index contributed by atoms with van der Waals surface area (Å²) in [6, 6.07) is 3.15. The Morgan fingerprint density at radius 2 is 2.00 bits per heavy atom. The van der Waals surface area contributed by atoms with Crippen LogP contribution in [0, 0.1) is 11.6 Å². The molecular formula is C10H14F2N2O. The molecule has 1 rings (SSSR count). The van der Waals surface area contributed by atoms with E-state index in [1.807, 2.05) is 0 Å². The second-order valence-electron chi connectivity index (χ2n) is 3.14. The normalized spacial score (nSPS) is 12.8. The lowest BCUT2D eigenvalue weighted by molar-refractivity contribution is 0.181. The number of benzene rings is 1. The zero-order valence-electron chi connectivity index (χ0n) is 8.47. The van der Waals surface area contributed by atoms with E-state index in [9.17, 15) is 8.78 Å². The Labute approximate surface area is 87.2 Å². The minimum absolute atomic E-state index is 0.0444. The molecule has 15 heavy (non-hydrogen) atoms. The van der Waals surface area contributed by atoms with Gasteiger partial charge in [0.1, 0.15) is 11.6 Å². The van der Waals surface area contributed by atoms with Crippen LogP contribution in [-0.4, -0.2) is 13.7 Å². The molecule has 0 saturated heterocycles. The van der Waals surface area contributed by atoms with Crippen molar-refractivity contribution in [3.8, 4) is 0 Å². The molecule has 0 aliphatic carbocycles. The highest BCUT2D eigenvalue weighted by Gasteiger charge is 2.18. The van der Waals surface area contributed by atoms with Crippen molar-refractivity contribution in [1.29, 1.82) is 0 Å². The second kappa shape index (κ2) is 5.75. The molecule has 0 saturated carbocycles. The van der Waals surface area contributed by atoms with Gasteiger partial charge in [0.2, 0.25) is 0 Å². The summed E-state index contributed by atoms with van der Waals surface area (Å²) in [5.41, 5.74) is 2.33. The molecular weight excluding hydrogens is 202 g/mol. The van der Waals surface area contributed by atoms with E-state index in [-0.39, 0.29) is 5.56 Å². The summed E-state index contributed by atoms with van der Waals surface area (Å²) in [5.74, 6) is 4.04. The molecule has 0 bridgehead atoms. The molecule has 84 valence electrons. The third-order valence-electron chi connectivity index (χ3n) is 2.16. The molecule has 5 heteroatoms. The average molecular weight is 216 g/mol. The van der Waals surface area contributed by atoms with E-state index in [0.29, 0.717) is 13.0 Å². The molecule has 1 aromatic carbocycles. The minimum atomic E-state index is -0.603. The Balaban J connectivity index is 2.90. The second-order valence-corrected chi connectivity index (χ2v) is 3.14. The van der Waals surface area contributed by atoms with Crippen molar-refractivity contribution in [2.45, 2.75) is 12.5 Å². The number of methoxy groups -OCH3 is 1. The fourth-order valence-electron chi connectivity index (χ4n) is 1.39. The smallest absolute Gasteiger partial charge is 0.130 e. The molecule has 1 unspecified atom stereocenters. The number of rotatable bonds is 5. The Bertz CT molecular complexity index is 300. The van der Waals surface area contributed by atoms with Gasteiger partial charge in [-0.15, -0.1) is 0 Å². The van der Waals surface area contributed by atoms with Crippen molar-refractivity contribution >= 4 is 0 Å². The van der Waals surface area contributed by atoms with Crippen molar-refractivity contribution in [2.75, 3.05) is 13.7 Å².